The number of carbonyl (C=O) groups excluding carboxylic acids is 1. The van der Waals surface area contributed by atoms with Crippen molar-refractivity contribution >= 4 is 27.5 Å². The van der Waals surface area contributed by atoms with Crippen molar-refractivity contribution in [2.24, 2.45) is 0 Å². The molecular weight excluding hydrogens is 398 g/mol. The van der Waals surface area contributed by atoms with Gasteiger partial charge in [0.1, 0.15) is 5.15 Å². The minimum atomic E-state index is -3.58. The summed E-state index contributed by atoms with van der Waals surface area (Å²) in [5.41, 5.74) is 1.46. The second kappa shape index (κ2) is 8.59. The second-order valence-corrected chi connectivity index (χ2v) is 9.21. The smallest absolute Gasteiger partial charge is 0.257 e. The first-order valence-electron chi connectivity index (χ1n) is 9.34. The predicted octanol–water partition coefficient (Wildman–Crippen LogP) is 3.40. The van der Waals surface area contributed by atoms with Gasteiger partial charge in [0, 0.05) is 32.4 Å². The molecule has 1 aromatic heterocycles. The van der Waals surface area contributed by atoms with Crippen molar-refractivity contribution in [1.82, 2.24) is 14.2 Å². The summed E-state index contributed by atoms with van der Waals surface area (Å²) in [6.07, 6.45) is 2.53. The van der Waals surface area contributed by atoms with E-state index in [1.165, 1.54) is 10.5 Å². The van der Waals surface area contributed by atoms with E-state index in [2.05, 4.69) is 18.8 Å². The molecule has 2 heterocycles. The first kappa shape index (κ1) is 20.8. The Labute approximate surface area is 171 Å². The maximum absolute atomic E-state index is 12.9. The van der Waals surface area contributed by atoms with Crippen molar-refractivity contribution in [2.45, 2.75) is 31.1 Å². The van der Waals surface area contributed by atoms with Crippen LogP contribution in [0.4, 0.5) is 0 Å². The second-order valence-electron chi connectivity index (χ2n) is 6.92. The maximum atomic E-state index is 12.9. The molecule has 28 heavy (non-hydrogen) atoms. The maximum Gasteiger partial charge on any atom is 0.257 e. The molecule has 0 N–H and O–H groups in total. The van der Waals surface area contributed by atoms with Gasteiger partial charge >= 0.3 is 0 Å². The average molecular weight is 422 g/mol. The molecule has 6 nitrogen and oxygen atoms in total. The molecule has 1 amide bonds. The fourth-order valence-electron chi connectivity index (χ4n) is 3.20. The molecule has 1 atom stereocenters. The number of nitrogens with zero attached hydrogens (tertiary/aromatic N) is 3. The molecular formula is C20H24ClN3O3S. The van der Waals surface area contributed by atoms with Gasteiger partial charge in [0.15, 0.2) is 0 Å². The molecule has 1 aliphatic heterocycles. The highest BCUT2D eigenvalue weighted by molar-refractivity contribution is 7.89. The number of sulfonamides is 1. The largest absolute Gasteiger partial charge is 0.336 e. The number of rotatable bonds is 5. The number of piperazine rings is 1. The monoisotopic (exact) mass is 421 g/mol. The van der Waals surface area contributed by atoms with Crippen LogP contribution in [0, 0.1) is 0 Å². The molecule has 0 saturated carbocycles. The van der Waals surface area contributed by atoms with Crippen LogP contribution in [0.15, 0.2) is 47.5 Å². The fraction of sp³-hybridized carbons (Fsp3) is 0.400. The Morgan fingerprint density at radius 2 is 1.79 bits per heavy atom. The number of hydrogen-bond acceptors (Lipinski definition) is 4. The number of aromatic nitrogens is 1. The highest BCUT2D eigenvalue weighted by Gasteiger charge is 2.31. The molecule has 0 aliphatic carbocycles. The van der Waals surface area contributed by atoms with Gasteiger partial charge in [-0.2, -0.15) is 4.31 Å². The summed E-state index contributed by atoms with van der Waals surface area (Å²) in [6, 6.07) is 10.4. The molecule has 2 aromatic rings. The zero-order valence-corrected chi connectivity index (χ0v) is 17.6. The van der Waals surface area contributed by atoms with Crippen molar-refractivity contribution in [3.63, 3.8) is 0 Å². The first-order valence-corrected chi connectivity index (χ1v) is 11.2. The zero-order chi connectivity index (χ0) is 20.3. The number of halogens is 1. The SMILES string of the molecule is CC[C@@H](C)c1ccc(S(=O)(=O)N2CCN(C(=O)c3cccnc3Cl)CC2)cc1. The van der Waals surface area contributed by atoms with Crippen LogP contribution in [0.2, 0.25) is 5.15 Å². The Kier molecular flexibility index (Phi) is 6.37. The Bertz CT molecular complexity index is 939. The summed E-state index contributed by atoms with van der Waals surface area (Å²) in [6.45, 7) is 5.35. The third-order valence-corrected chi connectivity index (χ3v) is 7.43. The normalized spacial score (nSPS) is 16.8. The average Bonchev–Trinajstić information content (AvgIpc) is 2.73. The topological polar surface area (TPSA) is 70.6 Å². The Hall–Kier alpha value is -1.96. The molecule has 0 unspecified atom stereocenters. The number of hydrogen-bond donors (Lipinski definition) is 0. The Morgan fingerprint density at radius 3 is 2.36 bits per heavy atom. The minimum Gasteiger partial charge on any atom is -0.336 e. The lowest BCUT2D eigenvalue weighted by atomic mass is 9.99. The van der Waals surface area contributed by atoms with E-state index in [1.807, 2.05) is 12.1 Å². The van der Waals surface area contributed by atoms with Crippen molar-refractivity contribution in [3.8, 4) is 0 Å². The summed E-state index contributed by atoms with van der Waals surface area (Å²) in [5, 5.41) is 0.156. The van der Waals surface area contributed by atoms with E-state index in [1.54, 1.807) is 29.2 Å². The molecule has 0 radical (unpaired) electrons. The van der Waals surface area contributed by atoms with E-state index in [0.717, 1.165) is 12.0 Å². The lowest BCUT2D eigenvalue weighted by molar-refractivity contribution is 0.0697. The van der Waals surface area contributed by atoms with Gasteiger partial charge < -0.3 is 4.90 Å². The fourth-order valence-corrected chi connectivity index (χ4v) is 4.82. The van der Waals surface area contributed by atoms with Gasteiger partial charge in [-0.15, -0.1) is 0 Å². The highest BCUT2D eigenvalue weighted by Crippen LogP contribution is 2.23. The van der Waals surface area contributed by atoms with E-state index < -0.39 is 10.0 Å². The Balaban J connectivity index is 1.68. The van der Waals surface area contributed by atoms with Gasteiger partial charge in [-0.25, -0.2) is 13.4 Å². The molecule has 1 fully saturated rings. The van der Waals surface area contributed by atoms with Crippen LogP contribution in [-0.2, 0) is 10.0 Å². The van der Waals surface area contributed by atoms with Gasteiger partial charge in [0.25, 0.3) is 5.91 Å². The van der Waals surface area contributed by atoms with E-state index in [9.17, 15) is 13.2 Å². The predicted molar refractivity (Wildman–Crippen MR) is 109 cm³/mol. The molecule has 0 spiro atoms. The number of pyridine rings is 1. The first-order chi connectivity index (χ1) is 13.3. The zero-order valence-electron chi connectivity index (χ0n) is 16.0. The Morgan fingerprint density at radius 1 is 1.14 bits per heavy atom. The van der Waals surface area contributed by atoms with Crippen LogP contribution in [0.5, 0.6) is 0 Å². The van der Waals surface area contributed by atoms with Crippen LogP contribution >= 0.6 is 11.6 Å². The van der Waals surface area contributed by atoms with Crippen molar-refractivity contribution < 1.29 is 13.2 Å². The van der Waals surface area contributed by atoms with Crippen LogP contribution < -0.4 is 0 Å². The molecule has 0 bridgehead atoms. The van der Waals surface area contributed by atoms with E-state index in [0.29, 0.717) is 24.6 Å². The molecule has 1 aliphatic rings. The lowest BCUT2D eigenvalue weighted by Gasteiger charge is -2.34. The third kappa shape index (κ3) is 4.21. The summed E-state index contributed by atoms with van der Waals surface area (Å²) >= 11 is 6.00. The van der Waals surface area contributed by atoms with Crippen LogP contribution in [0.25, 0.3) is 0 Å². The molecule has 150 valence electrons. The molecule has 3 rings (SSSR count). The van der Waals surface area contributed by atoms with Gasteiger partial charge in [-0.05, 0) is 42.2 Å². The third-order valence-electron chi connectivity index (χ3n) is 5.21. The van der Waals surface area contributed by atoms with E-state index >= 15 is 0 Å². The van der Waals surface area contributed by atoms with Crippen LogP contribution in [-0.4, -0.2) is 54.7 Å². The summed E-state index contributed by atoms with van der Waals surface area (Å²) in [7, 11) is -3.58. The number of carbonyl (C=O) groups is 1. The van der Waals surface area contributed by atoms with Crippen molar-refractivity contribution in [2.75, 3.05) is 26.2 Å². The van der Waals surface area contributed by atoms with Crippen molar-refractivity contribution in [3.05, 3.63) is 58.9 Å². The standard InChI is InChI=1S/C20H24ClN3O3S/c1-3-15(2)16-6-8-17(9-7-16)28(26,27)24-13-11-23(12-14-24)20(25)18-5-4-10-22-19(18)21/h4-10,15H,3,11-14H2,1-2H3/t15-/m1/s1. The minimum absolute atomic E-state index is 0.156. The molecule has 8 heteroatoms. The van der Waals surface area contributed by atoms with Gasteiger partial charge in [-0.1, -0.05) is 37.6 Å². The summed E-state index contributed by atoms with van der Waals surface area (Å²) < 4.78 is 27.3. The lowest BCUT2D eigenvalue weighted by Crippen LogP contribution is -2.50. The van der Waals surface area contributed by atoms with Gasteiger partial charge in [0.2, 0.25) is 10.0 Å². The van der Waals surface area contributed by atoms with Gasteiger partial charge in [0.05, 0.1) is 10.5 Å². The van der Waals surface area contributed by atoms with Gasteiger partial charge in [-0.3, -0.25) is 4.79 Å². The highest BCUT2D eigenvalue weighted by atomic mass is 35.5. The molecule has 1 aromatic carbocycles. The van der Waals surface area contributed by atoms with E-state index in [-0.39, 0.29) is 29.0 Å². The van der Waals surface area contributed by atoms with Crippen molar-refractivity contribution in [1.29, 1.82) is 0 Å². The molecule has 1 saturated heterocycles. The summed E-state index contributed by atoms with van der Waals surface area (Å²) in [4.78, 5) is 18.4. The quantitative estimate of drug-likeness (QED) is 0.694. The summed E-state index contributed by atoms with van der Waals surface area (Å²) in [5.74, 6) is 0.165. The van der Waals surface area contributed by atoms with Crippen LogP contribution in [0.1, 0.15) is 42.1 Å². The number of benzene rings is 1. The number of amides is 1. The van der Waals surface area contributed by atoms with Crippen LogP contribution in [0.3, 0.4) is 0 Å². The van der Waals surface area contributed by atoms with E-state index in [4.69, 9.17) is 11.6 Å².